The number of hydrogen-bond acceptors (Lipinski definition) is 7. The highest BCUT2D eigenvalue weighted by atomic mass is 16.5. The molecule has 0 spiro atoms. The number of methoxy groups -OCH3 is 2. The molecule has 100 valence electrons. The summed E-state index contributed by atoms with van der Waals surface area (Å²) in [7, 11) is 4.88. The van der Waals surface area contributed by atoms with E-state index in [0.717, 1.165) is 5.69 Å². The number of nitrogens with zero attached hydrogens (tertiary/aromatic N) is 4. The molecule has 2 heterocycles. The van der Waals surface area contributed by atoms with Crippen molar-refractivity contribution in [3.8, 4) is 11.8 Å². The highest BCUT2D eigenvalue weighted by Crippen LogP contribution is 2.26. The molecule has 0 aliphatic rings. The van der Waals surface area contributed by atoms with Gasteiger partial charge in [0.05, 0.1) is 38.3 Å². The maximum Gasteiger partial charge on any atom is 0.240 e. The molecular formula is C12H15N5O2. The molecular weight excluding hydrogens is 246 g/mol. The highest BCUT2D eigenvalue weighted by Gasteiger charge is 2.21. The summed E-state index contributed by atoms with van der Waals surface area (Å²) in [5.41, 5.74) is 1.37. The fourth-order valence-electron chi connectivity index (χ4n) is 1.70. The van der Waals surface area contributed by atoms with E-state index in [2.05, 4.69) is 25.3 Å². The van der Waals surface area contributed by atoms with Crippen molar-refractivity contribution in [3.05, 3.63) is 36.2 Å². The van der Waals surface area contributed by atoms with Crippen LogP contribution in [0.1, 0.15) is 17.4 Å². The van der Waals surface area contributed by atoms with E-state index in [4.69, 9.17) is 9.47 Å². The van der Waals surface area contributed by atoms with Gasteiger partial charge in [-0.3, -0.25) is 9.97 Å². The van der Waals surface area contributed by atoms with Crippen molar-refractivity contribution in [2.45, 2.75) is 6.04 Å². The molecule has 2 aromatic rings. The molecule has 0 aromatic carbocycles. The van der Waals surface area contributed by atoms with Crippen molar-refractivity contribution in [2.24, 2.45) is 0 Å². The Hall–Kier alpha value is -2.28. The Morgan fingerprint density at radius 2 is 1.95 bits per heavy atom. The third-order valence-electron chi connectivity index (χ3n) is 2.59. The molecule has 1 atom stereocenters. The molecule has 0 aliphatic heterocycles. The average Bonchev–Trinajstić information content (AvgIpc) is 2.49. The van der Waals surface area contributed by atoms with Gasteiger partial charge in [-0.15, -0.1) is 0 Å². The van der Waals surface area contributed by atoms with E-state index in [1.807, 2.05) is 7.05 Å². The average molecular weight is 261 g/mol. The van der Waals surface area contributed by atoms with Crippen LogP contribution in [0.5, 0.6) is 11.8 Å². The van der Waals surface area contributed by atoms with Gasteiger partial charge in [0.15, 0.2) is 0 Å². The summed E-state index contributed by atoms with van der Waals surface area (Å²) in [5.74, 6) is 0.791. The van der Waals surface area contributed by atoms with E-state index >= 15 is 0 Å². The summed E-state index contributed by atoms with van der Waals surface area (Å²) in [4.78, 5) is 16.9. The molecule has 0 fully saturated rings. The van der Waals surface area contributed by atoms with Crippen LogP contribution >= 0.6 is 0 Å². The molecule has 2 aromatic heterocycles. The molecule has 0 amide bonds. The number of nitrogens with one attached hydrogen (secondary N) is 1. The number of hydrogen-bond donors (Lipinski definition) is 1. The first-order valence-electron chi connectivity index (χ1n) is 5.68. The van der Waals surface area contributed by atoms with Crippen LogP contribution in [0.25, 0.3) is 0 Å². The van der Waals surface area contributed by atoms with E-state index < -0.39 is 0 Å². The Morgan fingerprint density at radius 1 is 1.11 bits per heavy atom. The number of rotatable bonds is 5. The van der Waals surface area contributed by atoms with Gasteiger partial charge in [0, 0.05) is 12.4 Å². The molecule has 19 heavy (non-hydrogen) atoms. The minimum absolute atomic E-state index is 0.248. The third-order valence-corrected chi connectivity index (χ3v) is 2.59. The van der Waals surface area contributed by atoms with Crippen molar-refractivity contribution in [2.75, 3.05) is 21.3 Å². The molecule has 0 bridgehead atoms. The van der Waals surface area contributed by atoms with Crippen molar-refractivity contribution in [3.63, 3.8) is 0 Å². The summed E-state index contributed by atoms with van der Waals surface area (Å²) < 4.78 is 10.3. The van der Waals surface area contributed by atoms with Crippen LogP contribution in [0.2, 0.25) is 0 Å². The van der Waals surface area contributed by atoms with E-state index in [1.165, 1.54) is 14.2 Å². The molecule has 0 saturated carbocycles. The topological polar surface area (TPSA) is 82.1 Å². The van der Waals surface area contributed by atoms with Gasteiger partial charge in [-0.2, -0.15) is 4.98 Å². The van der Waals surface area contributed by atoms with Crippen LogP contribution in [0.15, 0.2) is 24.8 Å². The molecule has 1 unspecified atom stereocenters. The Morgan fingerprint density at radius 3 is 2.53 bits per heavy atom. The van der Waals surface area contributed by atoms with Crippen molar-refractivity contribution >= 4 is 0 Å². The van der Waals surface area contributed by atoms with E-state index in [1.54, 1.807) is 24.8 Å². The molecule has 0 saturated heterocycles. The van der Waals surface area contributed by atoms with Crippen molar-refractivity contribution in [1.82, 2.24) is 25.3 Å². The predicted octanol–water partition coefficient (Wildman–Crippen LogP) is 0.593. The van der Waals surface area contributed by atoms with Crippen molar-refractivity contribution in [1.29, 1.82) is 0 Å². The molecule has 0 radical (unpaired) electrons. The Kier molecular flexibility index (Phi) is 4.19. The first kappa shape index (κ1) is 13.2. The van der Waals surface area contributed by atoms with Gasteiger partial charge in [0.25, 0.3) is 0 Å². The SMILES string of the molecule is CNC(c1cnccn1)c1ncc(OC)nc1OC. The zero-order chi connectivity index (χ0) is 13.7. The van der Waals surface area contributed by atoms with Crippen LogP contribution in [0, 0.1) is 0 Å². The van der Waals surface area contributed by atoms with Crippen LogP contribution in [-0.4, -0.2) is 41.2 Å². The van der Waals surface area contributed by atoms with Crippen molar-refractivity contribution < 1.29 is 9.47 Å². The lowest BCUT2D eigenvalue weighted by Crippen LogP contribution is -2.21. The lowest BCUT2D eigenvalue weighted by atomic mass is 10.1. The molecule has 7 nitrogen and oxygen atoms in total. The fraction of sp³-hybridized carbons (Fsp3) is 0.333. The second-order valence-corrected chi connectivity index (χ2v) is 3.66. The van der Waals surface area contributed by atoms with Crippen LogP contribution in [0.4, 0.5) is 0 Å². The highest BCUT2D eigenvalue weighted by molar-refractivity contribution is 5.30. The third kappa shape index (κ3) is 2.76. The minimum Gasteiger partial charge on any atom is -0.480 e. The smallest absolute Gasteiger partial charge is 0.240 e. The predicted molar refractivity (Wildman–Crippen MR) is 68.1 cm³/mol. The summed E-state index contributed by atoms with van der Waals surface area (Å²) in [6.45, 7) is 0. The second kappa shape index (κ2) is 6.05. The normalized spacial score (nSPS) is 11.9. The van der Waals surface area contributed by atoms with Gasteiger partial charge in [0.2, 0.25) is 11.8 Å². The van der Waals surface area contributed by atoms with Gasteiger partial charge in [-0.1, -0.05) is 0 Å². The van der Waals surface area contributed by atoms with E-state index in [0.29, 0.717) is 17.5 Å². The number of aromatic nitrogens is 4. The summed E-state index contributed by atoms with van der Waals surface area (Å²) in [5, 5.41) is 3.12. The van der Waals surface area contributed by atoms with Gasteiger partial charge in [0.1, 0.15) is 5.69 Å². The van der Waals surface area contributed by atoms with Gasteiger partial charge in [-0.25, -0.2) is 4.98 Å². The molecule has 1 N–H and O–H groups in total. The Bertz CT molecular complexity index is 535. The monoisotopic (exact) mass is 261 g/mol. The molecule has 2 rings (SSSR count). The molecule has 7 heteroatoms. The lowest BCUT2D eigenvalue weighted by Gasteiger charge is -2.16. The summed E-state index contributed by atoms with van der Waals surface area (Å²) in [6, 6.07) is -0.248. The fourth-order valence-corrected chi connectivity index (χ4v) is 1.70. The summed E-state index contributed by atoms with van der Waals surface area (Å²) in [6.07, 6.45) is 6.46. The maximum atomic E-state index is 5.25. The zero-order valence-electron chi connectivity index (χ0n) is 11.0. The lowest BCUT2D eigenvalue weighted by molar-refractivity contribution is 0.353. The summed E-state index contributed by atoms with van der Waals surface area (Å²) >= 11 is 0. The van der Waals surface area contributed by atoms with E-state index in [-0.39, 0.29) is 6.04 Å². The minimum atomic E-state index is -0.248. The van der Waals surface area contributed by atoms with E-state index in [9.17, 15) is 0 Å². The van der Waals surface area contributed by atoms with Gasteiger partial charge < -0.3 is 14.8 Å². The molecule has 0 aliphatic carbocycles. The largest absolute Gasteiger partial charge is 0.480 e. The zero-order valence-corrected chi connectivity index (χ0v) is 11.0. The number of ether oxygens (including phenoxy) is 2. The van der Waals surface area contributed by atoms with Crippen LogP contribution < -0.4 is 14.8 Å². The first-order valence-corrected chi connectivity index (χ1v) is 5.68. The Balaban J connectivity index is 2.43. The van der Waals surface area contributed by atoms with Gasteiger partial charge in [-0.05, 0) is 7.05 Å². The van der Waals surface area contributed by atoms with Crippen LogP contribution in [0.3, 0.4) is 0 Å². The van der Waals surface area contributed by atoms with Gasteiger partial charge >= 0.3 is 0 Å². The van der Waals surface area contributed by atoms with Crippen LogP contribution in [-0.2, 0) is 0 Å². The second-order valence-electron chi connectivity index (χ2n) is 3.66. The first-order chi connectivity index (χ1) is 9.30. The standard InChI is InChI=1S/C12H15N5O2/c1-13-10(8-6-14-4-5-15-8)11-12(19-3)17-9(18-2)7-16-11/h4-7,10,13H,1-3H3. The maximum absolute atomic E-state index is 5.25. The quantitative estimate of drug-likeness (QED) is 0.843. The Labute approximate surface area is 111 Å².